The number of aryl methyl sites for hydroxylation is 1. The van der Waals surface area contributed by atoms with E-state index in [1.54, 1.807) is 0 Å². The summed E-state index contributed by atoms with van der Waals surface area (Å²) in [5.74, 6) is -0.0728. The molecule has 0 aromatic carbocycles. The van der Waals surface area contributed by atoms with Crippen molar-refractivity contribution in [1.29, 1.82) is 0 Å². The summed E-state index contributed by atoms with van der Waals surface area (Å²) in [7, 11) is 3.74. The number of amides is 2. The van der Waals surface area contributed by atoms with Crippen LogP contribution in [-0.4, -0.2) is 47.2 Å². The molecule has 0 spiro atoms. The van der Waals surface area contributed by atoms with Crippen LogP contribution in [-0.2, 0) is 4.79 Å². The second-order valence-corrected chi connectivity index (χ2v) is 6.07. The first-order chi connectivity index (χ1) is 10.8. The van der Waals surface area contributed by atoms with E-state index in [2.05, 4.69) is 20.6 Å². The number of hydrogen-bond acceptors (Lipinski definition) is 5. The number of aliphatic carboxylic acids is 1. The third kappa shape index (κ3) is 4.80. The van der Waals surface area contributed by atoms with E-state index in [1.165, 1.54) is 0 Å². The molecule has 2 amide bonds. The van der Waals surface area contributed by atoms with Crippen molar-refractivity contribution >= 4 is 23.8 Å². The number of carboxylic acids is 1. The molecule has 0 saturated heterocycles. The Balaban J connectivity index is 1.89. The van der Waals surface area contributed by atoms with Crippen LogP contribution in [0.15, 0.2) is 6.07 Å². The van der Waals surface area contributed by atoms with Crippen molar-refractivity contribution in [3.63, 3.8) is 0 Å². The Kier molecular flexibility index (Phi) is 5.36. The summed E-state index contributed by atoms with van der Waals surface area (Å²) in [4.78, 5) is 33.3. The van der Waals surface area contributed by atoms with Crippen LogP contribution in [0.25, 0.3) is 0 Å². The lowest BCUT2D eigenvalue weighted by Gasteiger charge is -2.26. The van der Waals surface area contributed by atoms with E-state index in [1.807, 2.05) is 32.0 Å². The highest BCUT2D eigenvalue weighted by molar-refractivity contribution is 5.87. The number of carboxylic acid groups (broad SMARTS) is 1. The number of urea groups is 1. The van der Waals surface area contributed by atoms with Crippen molar-refractivity contribution in [1.82, 2.24) is 15.3 Å². The van der Waals surface area contributed by atoms with Crippen molar-refractivity contribution in [2.75, 3.05) is 24.3 Å². The third-order valence-corrected chi connectivity index (χ3v) is 3.94. The lowest BCUT2D eigenvalue weighted by Crippen LogP contribution is -2.41. The molecule has 1 aliphatic carbocycles. The molecule has 0 radical (unpaired) electrons. The van der Waals surface area contributed by atoms with Gasteiger partial charge in [0, 0.05) is 31.9 Å². The Hall–Kier alpha value is -2.38. The van der Waals surface area contributed by atoms with Gasteiger partial charge in [0.1, 0.15) is 5.82 Å². The fourth-order valence-corrected chi connectivity index (χ4v) is 2.64. The molecule has 23 heavy (non-hydrogen) atoms. The maximum absolute atomic E-state index is 12.1. The summed E-state index contributed by atoms with van der Waals surface area (Å²) in [5, 5.41) is 14.5. The van der Waals surface area contributed by atoms with Crippen LogP contribution in [0, 0.1) is 12.8 Å². The molecule has 1 aromatic rings. The third-order valence-electron chi connectivity index (χ3n) is 3.94. The summed E-state index contributed by atoms with van der Waals surface area (Å²) in [6.45, 7) is 1.84. The van der Waals surface area contributed by atoms with Crippen LogP contribution in [0.4, 0.5) is 16.6 Å². The normalized spacial score (nSPS) is 20.7. The highest BCUT2D eigenvalue weighted by Gasteiger charge is 2.26. The predicted molar refractivity (Wildman–Crippen MR) is 86.6 cm³/mol. The van der Waals surface area contributed by atoms with Gasteiger partial charge in [0.05, 0.1) is 5.92 Å². The van der Waals surface area contributed by atoms with Crippen molar-refractivity contribution in [2.24, 2.45) is 5.92 Å². The van der Waals surface area contributed by atoms with E-state index in [-0.39, 0.29) is 23.9 Å². The Bertz CT molecular complexity index is 582. The van der Waals surface area contributed by atoms with Gasteiger partial charge in [-0.25, -0.2) is 9.78 Å². The molecule has 0 aliphatic heterocycles. The van der Waals surface area contributed by atoms with E-state index in [4.69, 9.17) is 5.11 Å². The van der Waals surface area contributed by atoms with Gasteiger partial charge in [-0.1, -0.05) is 0 Å². The number of hydrogen-bond donors (Lipinski definition) is 3. The largest absolute Gasteiger partial charge is 0.481 e. The second-order valence-electron chi connectivity index (χ2n) is 6.07. The number of anilines is 2. The molecule has 1 saturated carbocycles. The number of carbonyl (C=O) groups is 2. The zero-order valence-electron chi connectivity index (χ0n) is 13.7. The summed E-state index contributed by atoms with van der Waals surface area (Å²) >= 11 is 0. The quantitative estimate of drug-likeness (QED) is 0.778. The molecule has 8 nitrogen and oxygen atoms in total. The van der Waals surface area contributed by atoms with Crippen LogP contribution in [0.1, 0.15) is 31.4 Å². The first-order valence-electron chi connectivity index (χ1n) is 7.68. The molecule has 1 aromatic heterocycles. The maximum atomic E-state index is 12.1. The zero-order chi connectivity index (χ0) is 17.0. The predicted octanol–water partition coefficient (Wildman–Crippen LogP) is 1.62. The van der Waals surface area contributed by atoms with E-state index in [0.29, 0.717) is 25.7 Å². The summed E-state index contributed by atoms with van der Waals surface area (Å²) in [6.07, 6.45) is 2.52. The first-order valence-corrected chi connectivity index (χ1v) is 7.68. The number of aromatic nitrogens is 2. The number of nitrogens with zero attached hydrogens (tertiary/aromatic N) is 3. The molecule has 126 valence electrons. The Labute approximate surface area is 135 Å². The smallest absolute Gasteiger partial charge is 0.321 e. The fourth-order valence-electron chi connectivity index (χ4n) is 2.64. The summed E-state index contributed by atoms with van der Waals surface area (Å²) in [5.41, 5.74) is 0.765. The molecular weight excluding hydrogens is 298 g/mol. The minimum Gasteiger partial charge on any atom is -0.481 e. The highest BCUT2D eigenvalue weighted by Crippen LogP contribution is 2.24. The minimum absolute atomic E-state index is 0.0104. The fraction of sp³-hybridized carbons (Fsp3) is 0.600. The second kappa shape index (κ2) is 7.26. The standard InChI is InChI=1S/C15H23N5O3/c1-9-8-12(20(2)3)18-14(16-9)19-15(23)17-11-6-4-10(5-7-11)13(21)22/h8,10-11H,4-7H2,1-3H3,(H,21,22)(H2,16,17,18,19,23). The van der Waals surface area contributed by atoms with Gasteiger partial charge < -0.3 is 15.3 Å². The molecular formula is C15H23N5O3. The lowest BCUT2D eigenvalue weighted by molar-refractivity contribution is -0.142. The highest BCUT2D eigenvalue weighted by atomic mass is 16.4. The Morgan fingerprint density at radius 2 is 1.87 bits per heavy atom. The average molecular weight is 321 g/mol. The molecule has 3 N–H and O–H groups in total. The van der Waals surface area contributed by atoms with Crippen LogP contribution in [0.2, 0.25) is 0 Å². The number of carbonyl (C=O) groups excluding carboxylic acids is 1. The zero-order valence-corrected chi connectivity index (χ0v) is 13.7. The average Bonchev–Trinajstić information content (AvgIpc) is 2.46. The molecule has 1 aliphatic rings. The number of rotatable bonds is 4. The van der Waals surface area contributed by atoms with Gasteiger partial charge in [0.15, 0.2) is 0 Å². The van der Waals surface area contributed by atoms with Gasteiger partial charge in [-0.2, -0.15) is 4.98 Å². The van der Waals surface area contributed by atoms with E-state index in [0.717, 1.165) is 11.5 Å². The lowest BCUT2D eigenvalue weighted by atomic mass is 9.86. The molecule has 1 heterocycles. The topological polar surface area (TPSA) is 107 Å². The van der Waals surface area contributed by atoms with Gasteiger partial charge in [-0.05, 0) is 32.6 Å². The van der Waals surface area contributed by atoms with E-state index >= 15 is 0 Å². The first kappa shape index (κ1) is 17.0. The molecule has 8 heteroatoms. The minimum atomic E-state index is -0.753. The Morgan fingerprint density at radius 1 is 1.22 bits per heavy atom. The van der Waals surface area contributed by atoms with Crippen molar-refractivity contribution in [2.45, 2.75) is 38.6 Å². The molecule has 2 rings (SSSR count). The maximum Gasteiger partial charge on any atom is 0.321 e. The van der Waals surface area contributed by atoms with Crippen molar-refractivity contribution in [3.05, 3.63) is 11.8 Å². The molecule has 1 fully saturated rings. The summed E-state index contributed by atoms with van der Waals surface area (Å²) in [6, 6.07) is 1.46. The van der Waals surface area contributed by atoms with Gasteiger partial charge >= 0.3 is 12.0 Å². The molecule has 0 bridgehead atoms. The Morgan fingerprint density at radius 3 is 2.43 bits per heavy atom. The van der Waals surface area contributed by atoms with E-state index in [9.17, 15) is 9.59 Å². The monoisotopic (exact) mass is 321 g/mol. The molecule has 0 unspecified atom stereocenters. The SMILES string of the molecule is Cc1cc(N(C)C)nc(NC(=O)NC2CCC(C(=O)O)CC2)n1. The van der Waals surface area contributed by atoms with Gasteiger partial charge in [-0.15, -0.1) is 0 Å². The van der Waals surface area contributed by atoms with Crippen LogP contribution >= 0.6 is 0 Å². The van der Waals surface area contributed by atoms with Crippen molar-refractivity contribution < 1.29 is 14.7 Å². The van der Waals surface area contributed by atoms with Gasteiger partial charge in [0.2, 0.25) is 5.95 Å². The summed E-state index contributed by atoms with van der Waals surface area (Å²) < 4.78 is 0. The van der Waals surface area contributed by atoms with Gasteiger partial charge in [-0.3, -0.25) is 10.1 Å². The number of nitrogens with one attached hydrogen (secondary N) is 2. The van der Waals surface area contributed by atoms with Gasteiger partial charge in [0.25, 0.3) is 0 Å². The van der Waals surface area contributed by atoms with Crippen LogP contribution in [0.3, 0.4) is 0 Å². The van der Waals surface area contributed by atoms with Crippen molar-refractivity contribution in [3.8, 4) is 0 Å². The van der Waals surface area contributed by atoms with Crippen LogP contribution in [0.5, 0.6) is 0 Å². The molecule has 0 atom stereocenters. The van der Waals surface area contributed by atoms with E-state index < -0.39 is 5.97 Å². The van der Waals surface area contributed by atoms with Crippen LogP contribution < -0.4 is 15.5 Å².